The highest BCUT2D eigenvalue weighted by Gasteiger charge is 2.32. The second kappa shape index (κ2) is 4.90. The quantitative estimate of drug-likeness (QED) is 0.792. The molecule has 1 aromatic heterocycles. The lowest BCUT2D eigenvalue weighted by Gasteiger charge is -2.16. The number of imidazole rings is 1. The Kier molecular flexibility index (Phi) is 3.47. The summed E-state index contributed by atoms with van der Waals surface area (Å²) in [6, 6.07) is 5.31. The molecule has 0 aliphatic carbocycles. The molecule has 20 heavy (non-hydrogen) atoms. The van der Waals surface area contributed by atoms with Gasteiger partial charge in [-0.25, -0.2) is 13.4 Å². The molecular weight excluding hydrogens is 319 g/mol. The maximum Gasteiger partial charge on any atom is 0.152 e. The first-order valence-corrected chi connectivity index (χ1v) is 9.03. The number of rotatable bonds is 2. The van der Waals surface area contributed by atoms with E-state index in [9.17, 15) is 8.42 Å². The first-order chi connectivity index (χ1) is 9.37. The minimum atomic E-state index is -2.97. The van der Waals surface area contributed by atoms with E-state index in [4.69, 9.17) is 23.2 Å². The summed E-state index contributed by atoms with van der Waals surface area (Å²) in [5.41, 5.74) is 1.64. The van der Waals surface area contributed by atoms with Gasteiger partial charge in [-0.05, 0) is 31.5 Å². The monoisotopic (exact) mass is 332 g/mol. The van der Waals surface area contributed by atoms with Crippen molar-refractivity contribution in [3.05, 3.63) is 29.0 Å². The third kappa shape index (κ3) is 2.43. The van der Waals surface area contributed by atoms with Crippen LogP contribution in [0.2, 0.25) is 5.02 Å². The predicted octanol–water partition coefficient (Wildman–Crippen LogP) is 3.35. The Hall–Kier alpha value is -0.780. The molecule has 3 rings (SSSR count). The molecule has 2 aromatic rings. The molecule has 0 radical (unpaired) electrons. The van der Waals surface area contributed by atoms with Gasteiger partial charge in [-0.15, -0.1) is 11.6 Å². The molecule has 1 aromatic carbocycles. The van der Waals surface area contributed by atoms with E-state index in [-0.39, 0.29) is 22.9 Å². The molecule has 1 aliphatic rings. The fourth-order valence-corrected chi connectivity index (χ4v) is 4.75. The van der Waals surface area contributed by atoms with Gasteiger partial charge in [0.1, 0.15) is 5.82 Å². The van der Waals surface area contributed by atoms with E-state index in [1.165, 1.54) is 0 Å². The van der Waals surface area contributed by atoms with E-state index in [1.807, 2.05) is 23.6 Å². The van der Waals surface area contributed by atoms with Crippen molar-refractivity contribution in [3.63, 3.8) is 0 Å². The summed E-state index contributed by atoms with van der Waals surface area (Å²) in [5, 5.41) is 0.317. The minimum Gasteiger partial charge on any atom is -0.323 e. The van der Waals surface area contributed by atoms with Gasteiger partial charge >= 0.3 is 0 Å². The number of halogens is 2. The molecule has 1 aliphatic heterocycles. The maximum absolute atomic E-state index is 11.7. The summed E-state index contributed by atoms with van der Waals surface area (Å²) >= 11 is 12.3. The second-order valence-corrected chi connectivity index (χ2v) is 8.47. The molecule has 7 heteroatoms. The molecule has 0 saturated carbocycles. The zero-order valence-corrected chi connectivity index (χ0v) is 13.2. The van der Waals surface area contributed by atoms with E-state index < -0.39 is 9.84 Å². The first kappa shape index (κ1) is 14.2. The average molecular weight is 333 g/mol. The lowest BCUT2D eigenvalue weighted by molar-refractivity contribution is 0.545. The highest BCUT2D eigenvalue weighted by molar-refractivity contribution is 7.91. The van der Waals surface area contributed by atoms with Crippen LogP contribution in [0.15, 0.2) is 18.2 Å². The van der Waals surface area contributed by atoms with E-state index in [0.717, 1.165) is 11.0 Å². The van der Waals surface area contributed by atoms with Crippen molar-refractivity contribution in [1.82, 2.24) is 9.55 Å². The second-order valence-electron chi connectivity index (χ2n) is 5.15. The Labute approximate surface area is 127 Å². The molecule has 2 heterocycles. The average Bonchev–Trinajstić information content (AvgIpc) is 2.88. The molecule has 1 fully saturated rings. The lowest BCUT2D eigenvalue weighted by atomic mass is 10.2. The van der Waals surface area contributed by atoms with Crippen LogP contribution in [-0.4, -0.2) is 29.5 Å². The van der Waals surface area contributed by atoms with Gasteiger partial charge in [0.05, 0.1) is 34.0 Å². The number of benzene rings is 1. The zero-order valence-electron chi connectivity index (χ0n) is 10.9. The van der Waals surface area contributed by atoms with Gasteiger partial charge in [-0.1, -0.05) is 11.6 Å². The predicted molar refractivity (Wildman–Crippen MR) is 81.3 cm³/mol. The normalized spacial score (nSPS) is 23.2. The topological polar surface area (TPSA) is 52.0 Å². The summed E-state index contributed by atoms with van der Waals surface area (Å²) in [6.07, 6.45) is 0.594. The Balaban J connectivity index is 2.21. The number of alkyl halides is 1. The van der Waals surface area contributed by atoms with Crippen LogP contribution in [0.3, 0.4) is 0 Å². The minimum absolute atomic E-state index is 0.111. The van der Waals surface area contributed by atoms with Gasteiger partial charge in [0.15, 0.2) is 9.84 Å². The molecule has 0 spiro atoms. The summed E-state index contributed by atoms with van der Waals surface area (Å²) in [6.45, 7) is 1.84. The van der Waals surface area contributed by atoms with E-state index in [2.05, 4.69) is 4.98 Å². The maximum atomic E-state index is 11.7. The van der Waals surface area contributed by atoms with Gasteiger partial charge in [-0.2, -0.15) is 0 Å². The molecule has 4 nitrogen and oxygen atoms in total. The van der Waals surface area contributed by atoms with Crippen LogP contribution in [0.1, 0.15) is 30.6 Å². The smallest absolute Gasteiger partial charge is 0.152 e. The third-order valence-corrected chi connectivity index (χ3v) is 5.79. The molecule has 2 unspecified atom stereocenters. The van der Waals surface area contributed by atoms with Crippen LogP contribution >= 0.6 is 23.2 Å². The molecule has 0 amide bonds. The van der Waals surface area contributed by atoms with Crippen LogP contribution in [0, 0.1) is 0 Å². The van der Waals surface area contributed by atoms with Gasteiger partial charge in [0.2, 0.25) is 0 Å². The number of nitrogens with zero attached hydrogens (tertiary/aromatic N) is 2. The summed E-state index contributed by atoms with van der Waals surface area (Å²) < 4.78 is 25.4. The Morgan fingerprint density at radius 3 is 2.80 bits per heavy atom. The van der Waals surface area contributed by atoms with Crippen LogP contribution in [0.5, 0.6) is 0 Å². The van der Waals surface area contributed by atoms with Crippen molar-refractivity contribution in [2.24, 2.45) is 0 Å². The van der Waals surface area contributed by atoms with Crippen molar-refractivity contribution in [2.75, 3.05) is 11.5 Å². The van der Waals surface area contributed by atoms with Crippen molar-refractivity contribution in [2.45, 2.75) is 24.8 Å². The van der Waals surface area contributed by atoms with Gasteiger partial charge in [0, 0.05) is 5.02 Å². The number of sulfone groups is 1. The molecule has 1 saturated heterocycles. The molecule has 0 bridgehead atoms. The van der Waals surface area contributed by atoms with Crippen molar-refractivity contribution >= 4 is 44.1 Å². The standard InChI is InChI=1S/C13H14Cl2N2O2S/c1-8(14)13-16-11-3-2-9(15)6-12(11)17(13)10-4-5-20(18,19)7-10/h2-3,6,8,10H,4-5,7H2,1H3. The van der Waals surface area contributed by atoms with Gasteiger partial charge in [-0.3, -0.25) is 0 Å². The first-order valence-electron chi connectivity index (χ1n) is 6.39. The van der Waals surface area contributed by atoms with Crippen molar-refractivity contribution in [1.29, 1.82) is 0 Å². The number of hydrogen-bond acceptors (Lipinski definition) is 3. The highest BCUT2D eigenvalue weighted by Crippen LogP contribution is 2.34. The SMILES string of the molecule is CC(Cl)c1nc2ccc(Cl)cc2n1C1CCS(=O)(=O)C1. The fraction of sp³-hybridized carbons (Fsp3) is 0.462. The Morgan fingerprint density at radius 1 is 1.45 bits per heavy atom. The highest BCUT2D eigenvalue weighted by atomic mass is 35.5. The fourth-order valence-electron chi connectivity index (χ4n) is 2.73. The van der Waals surface area contributed by atoms with E-state index in [1.54, 1.807) is 6.07 Å². The van der Waals surface area contributed by atoms with Gasteiger partial charge < -0.3 is 4.57 Å². The van der Waals surface area contributed by atoms with Crippen LogP contribution < -0.4 is 0 Å². The zero-order chi connectivity index (χ0) is 14.5. The molecular formula is C13H14Cl2N2O2S. The van der Waals surface area contributed by atoms with Crippen LogP contribution in [0.4, 0.5) is 0 Å². The molecule has 2 atom stereocenters. The van der Waals surface area contributed by atoms with Crippen molar-refractivity contribution < 1.29 is 8.42 Å². The third-order valence-electron chi connectivity index (χ3n) is 3.61. The van der Waals surface area contributed by atoms with E-state index >= 15 is 0 Å². The number of hydrogen-bond donors (Lipinski definition) is 0. The van der Waals surface area contributed by atoms with Gasteiger partial charge in [0.25, 0.3) is 0 Å². The van der Waals surface area contributed by atoms with Crippen LogP contribution in [-0.2, 0) is 9.84 Å². The summed E-state index contributed by atoms with van der Waals surface area (Å²) in [7, 11) is -2.97. The van der Waals surface area contributed by atoms with Crippen LogP contribution in [0.25, 0.3) is 11.0 Å². The molecule has 0 N–H and O–H groups in total. The Bertz CT molecular complexity index is 768. The Morgan fingerprint density at radius 2 is 2.20 bits per heavy atom. The number of aromatic nitrogens is 2. The van der Waals surface area contributed by atoms with E-state index in [0.29, 0.717) is 17.3 Å². The lowest BCUT2D eigenvalue weighted by Crippen LogP contribution is -2.14. The number of fused-ring (bicyclic) bond motifs is 1. The molecule has 108 valence electrons. The summed E-state index contributed by atoms with van der Waals surface area (Å²) in [4.78, 5) is 4.52. The van der Waals surface area contributed by atoms with Crippen molar-refractivity contribution in [3.8, 4) is 0 Å². The summed E-state index contributed by atoms with van der Waals surface area (Å²) in [5.74, 6) is 1.06. The largest absolute Gasteiger partial charge is 0.323 e.